The van der Waals surface area contributed by atoms with Gasteiger partial charge in [0.1, 0.15) is 0 Å². The molecule has 334 valence electrons. The van der Waals surface area contributed by atoms with E-state index in [0.717, 1.165) is 78.0 Å². The molecule has 0 fully saturated rings. The van der Waals surface area contributed by atoms with E-state index in [1.54, 1.807) is 42.5 Å². The average molecular weight is 924 g/mol. The van der Waals surface area contributed by atoms with Gasteiger partial charge >= 0.3 is 12.4 Å². The molecule has 0 amide bonds. The Hall–Kier alpha value is -9.37. The van der Waals surface area contributed by atoms with Gasteiger partial charge in [-0.15, -0.1) is 0 Å². The molecular formula is C59H31F6N5. The smallest absolute Gasteiger partial charge is 0.309 e. The van der Waals surface area contributed by atoms with Gasteiger partial charge in [0.05, 0.1) is 79.5 Å². The van der Waals surface area contributed by atoms with E-state index in [4.69, 9.17) is 0 Å². The van der Waals surface area contributed by atoms with E-state index in [1.165, 1.54) is 6.07 Å². The maximum absolute atomic E-state index is 14.4. The SMILES string of the molecule is N#Cc1cccc(-c2ccc3c(c2)c2ccccc2n3-c2ccc(-c3cc(C(F)(F)F)cc(C(F)(F)F)c3)cc2-c2ccc(C#N)cc2-n2c3ccccc3c3cc(-c4cccc(C#N)c4)ccc32)c1. The zero-order chi connectivity index (χ0) is 48.5. The molecule has 0 saturated heterocycles. The first-order chi connectivity index (χ1) is 33.8. The maximum Gasteiger partial charge on any atom is 0.416 e. The van der Waals surface area contributed by atoms with Crippen LogP contribution in [-0.4, -0.2) is 9.13 Å². The highest BCUT2D eigenvalue weighted by Crippen LogP contribution is 2.45. The summed E-state index contributed by atoms with van der Waals surface area (Å²) in [7, 11) is 0. The Labute approximate surface area is 395 Å². The lowest BCUT2D eigenvalue weighted by molar-refractivity contribution is -0.143. The number of para-hydroxylation sites is 2. The lowest BCUT2D eigenvalue weighted by Crippen LogP contribution is -2.11. The van der Waals surface area contributed by atoms with Gasteiger partial charge in [-0.05, 0) is 137 Å². The van der Waals surface area contributed by atoms with E-state index >= 15 is 0 Å². The van der Waals surface area contributed by atoms with Crippen molar-refractivity contribution >= 4 is 43.6 Å². The van der Waals surface area contributed by atoms with Gasteiger partial charge in [-0.1, -0.05) is 84.9 Å². The molecule has 0 N–H and O–H groups in total. The molecule has 0 spiro atoms. The zero-order valence-electron chi connectivity index (χ0n) is 36.4. The van der Waals surface area contributed by atoms with Gasteiger partial charge in [0.25, 0.3) is 0 Å². The second-order valence-corrected chi connectivity index (χ2v) is 16.9. The molecule has 9 aromatic carbocycles. The second-order valence-electron chi connectivity index (χ2n) is 16.9. The Morgan fingerprint density at radius 2 is 0.757 bits per heavy atom. The third-order valence-corrected chi connectivity index (χ3v) is 12.8. The van der Waals surface area contributed by atoms with Gasteiger partial charge in [-0.3, -0.25) is 0 Å². The van der Waals surface area contributed by atoms with Crippen molar-refractivity contribution in [3.8, 4) is 74.1 Å². The third-order valence-electron chi connectivity index (χ3n) is 12.8. The fourth-order valence-corrected chi connectivity index (χ4v) is 9.62. The molecule has 0 aliphatic heterocycles. The van der Waals surface area contributed by atoms with Crippen LogP contribution in [0.15, 0.2) is 188 Å². The van der Waals surface area contributed by atoms with Crippen molar-refractivity contribution in [2.75, 3.05) is 0 Å². The van der Waals surface area contributed by atoms with Crippen LogP contribution < -0.4 is 0 Å². The number of hydrogen-bond acceptors (Lipinski definition) is 3. The average Bonchev–Trinajstić information content (AvgIpc) is 3.89. The van der Waals surface area contributed by atoms with Crippen LogP contribution in [0.3, 0.4) is 0 Å². The van der Waals surface area contributed by atoms with Crippen molar-refractivity contribution in [2.45, 2.75) is 12.4 Å². The van der Waals surface area contributed by atoms with E-state index in [2.05, 4.69) is 18.2 Å². The van der Waals surface area contributed by atoms with Gasteiger partial charge in [-0.2, -0.15) is 42.1 Å². The topological polar surface area (TPSA) is 81.2 Å². The fourth-order valence-electron chi connectivity index (χ4n) is 9.62. The van der Waals surface area contributed by atoms with Gasteiger partial charge in [0, 0.05) is 32.7 Å². The van der Waals surface area contributed by atoms with E-state index in [0.29, 0.717) is 39.2 Å². The molecule has 11 rings (SSSR count). The highest BCUT2D eigenvalue weighted by Gasteiger charge is 2.37. The minimum atomic E-state index is -5.08. The predicted octanol–water partition coefficient (Wildman–Crippen LogP) is 16.2. The van der Waals surface area contributed by atoms with Gasteiger partial charge in [0.15, 0.2) is 0 Å². The van der Waals surface area contributed by atoms with Crippen molar-refractivity contribution in [3.05, 3.63) is 216 Å². The molecule has 0 aliphatic rings. The van der Waals surface area contributed by atoms with Crippen molar-refractivity contribution in [3.63, 3.8) is 0 Å². The Bertz CT molecular complexity index is 4060. The summed E-state index contributed by atoms with van der Waals surface area (Å²) in [6, 6.07) is 60.2. The summed E-state index contributed by atoms with van der Waals surface area (Å²) in [5, 5.41) is 33.2. The van der Waals surface area contributed by atoms with Crippen molar-refractivity contribution < 1.29 is 26.3 Å². The van der Waals surface area contributed by atoms with Crippen LogP contribution in [-0.2, 0) is 12.4 Å². The number of halogens is 6. The largest absolute Gasteiger partial charge is 0.416 e. The Morgan fingerprint density at radius 1 is 0.314 bits per heavy atom. The van der Waals surface area contributed by atoms with Crippen LogP contribution in [0.1, 0.15) is 27.8 Å². The first-order valence-electron chi connectivity index (χ1n) is 21.9. The number of rotatable bonds is 6. The monoisotopic (exact) mass is 923 g/mol. The van der Waals surface area contributed by atoms with Crippen LogP contribution in [0.5, 0.6) is 0 Å². The molecule has 0 radical (unpaired) electrons. The molecule has 0 unspecified atom stereocenters. The summed E-state index contributed by atoms with van der Waals surface area (Å²) >= 11 is 0. The second kappa shape index (κ2) is 16.4. The highest BCUT2D eigenvalue weighted by atomic mass is 19.4. The van der Waals surface area contributed by atoms with E-state index < -0.39 is 23.5 Å². The molecule has 0 atom stereocenters. The lowest BCUT2D eigenvalue weighted by atomic mass is 9.93. The third kappa shape index (κ3) is 7.36. The highest BCUT2D eigenvalue weighted by molar-refractivity contribution is 6.13. The van der Waals surface area contributed by atoms with Gasteiger partial charge < -0.3 is 9.13 Å². The van der Waals surface area contributed by atoms with E-state index in [1.807, 2.05) is 130 Å². The summed E-state index contributed by atoms with van der Waals surface area (Å²) in [6.07, 6.45) is -10.2. The van der Waals surface area contributed by atoms with Crippen LogP contribution in [0, 0.1) is 34.0 Å². The quantitative estimate of drug-likeness (QED) is 0.156. The van der Waals surface area contributed by atoms with Crippen LogP contribution in [0.25, 0.3) is 99.5 Å². The summed E-state index contributed by atoms with van der Waals surface area (Å²) in [5.74, 6) is 0. The minimum Gasteiger partial charge on any atom is -0.309 e. The van der Waals surface area contributed by atoms with Crippen molar-refractivity contribution in [1.29, 1.82) is 15.8 Å². The molecule has 11 heteroatoms. The summed E-state index contributed by atoms with van der Waals surface area (Å²) in [6.45, 7) is 0. The van der Waals surface area contributed by atoms with Crippen LogP contribution in [0.4, 0.5) is 26.3 Å². The summed E-state index contributed by atoms with van der Waals surface area (Å²) < 4.78 is 90.3. The molecule has 0 saturated carbocycles. The molecule has 70 heavy (non-hydrogen) atoms. The molecule has 0 bridgehead atoms. The molecule has 11 aromatic rings. The fraction of sp³-hybridized carbons (Fsp3) is 0.0339. The number of nitriles is 3. The van der Waals surface area contributed by atoms with Crippen molar-refractivity contribution in [1.82, 2.24) is 9.13 Å². The molecule has 0 aliphatic carbocycles. The molecule has 2 aromatic heterocycles. The normalized spacial score (nSPS) is 11.8. The number of alkyl halides is 6. The summed E-state index contributed by atoms with van der Waals surface area (Å²) in [5.41, 5.74) is 6.75. The Balaban J connectivity index is 1.22. The standard InChI is InChI=1S/C59H31F6N5/c60-58(61,62)44-26-43(27-45(31-44)59(63,64)65)42-18-22-55(69-52-13-3-1-11-46(52)49-28-40(16-20-54(49)69)38-9-5-7-35(23-38)32-66)51(30-42)48-19-15-37(34-68)25-57(48)70-53-14-4-2-12-47(53)50-29-41(17-21-56(50)70)39-10-6-8-36(24-39)33-67/h1-31H. The predicted molar refractivity (Wildman–Crippen MR) is 261 cm³/mol. The number of benzene rings is 9. The minimum absolute atomic E-state index is 0.0950. The first-order valence-corrected chi connectivity index (χ1v) is 21.9. The number of aromatic nitrogens is 2. The molecule has 2 heterocycles. The Morgan fingerprint density at radius 3 is 1.27 bits per heavy atom. The number of hydrogen-bond donors (Lipinski definition) is 0. The van der Waals surface area contributed by atoms with Crippen molar-refractivity contribution in [2.24, 2.45) is 0 Å². The number of nitrogens with zero attached hydrogens (tertiary/aromatic N) is 5. The molecular weight excluding hydrogens is 893 g/mol. The van der Waals surface area contributed by atoms with Gasteiger partial charge in [0.2, 0.25) is 0 Å². The summed E-state index contributed by atoms with van der Waals surface area (Å²) in [4.78, 5) is 0. The maximum atomic E-state index is 14.4. The van der Waals surface area contributed by atoms with Gasteiger partial charge in [-0.25, -0.2) is 0 Å². The Kier molecular flexibility index (Phi) is 10.2. The van der Waals surface area contributed by atoms with Crippen LogP contribution >= 0.6 is 0 Å². The number of fused-ring (bicyclic) bond motifs is 6. The van der Waals surface area contributed by atoms with E-state index in [9.17, 15) is 42.1 Å². The van der Waals surface area contributed by atoms with Crippen LogP contribution in [0.2, 0.25) is 0 Å². The first kappa shape index (κ1) is 43.2. The molecule has 5 nitrogen and oxygen atoms in total. The lowest BCUT2D eigenvalue weighted by Gasteiger charge is -2.21. The van der Waals surface area contributed by atoms with E-state index in [-0.39, 0.29) is 17.2 Å². The zero-order valence-corrected chi connectivity index (χ0v) is 36.4.